The van der Waals surface area contributed by atoms with Crippen molar-refractivity contribution in [3.05, 3.63) is 64.0 Å². The van der Waals surface area contributed by atoms with E-state index in [9.17, 15) is 9.59 Å². The van der Waals surface area contributed by atoms with Gasteiger partial charge in [0.2, 0.25) is 0 Å². The molecule has 1 aliphatic rings. The number of allylic oxidation sites excluding steroid dienone is 1. The number of nitrogens with one attached hydrogen (secondary N) is 3. The molecular weight excluding hydrogens is 298 g/mol. The van der Waals surface area contributed by atoms with Crippen molar-refractivity contribution in [2.75, 3.05) is 5.32 Å². The minimum Gasteiger partial charge on any atom is -0.327 e. The molecule has 3 rings (SSSR count). The SMILES string of the molecule is CC1=C(C(=O)Nc2ccccc2)[C@H](c2ccsc2)NC(=O)N1. The van der Waals surface area contributed by atoms with Gasteiger partial charge in [0.25, 0.3) is 5.91 Å². The molecule has 112 valence electrons. The Bertz CT molecular complexity index is 723. The number of anilines is 1. The van der Waals surface area contributed by atoms with Gasteiger partial charge in [-0.25, -0.2) is 4.79 Å². The summed E-state index contributed by atoms with van der Waals surface area (Å²) < 4.78 is 0. The third-order valence-corrected chi connectivity index (χ3v) is 4.12. The molecule has 1 atom stereocenters. The van der Waals surface area contributed by atoms with E-state index in [1.54, 1.807) is 6.92 Å². The van der Waals surface area contributed by atoms with Gasteiger partial charge in [-0.3, -0.25) is 4.79 Å². The van der Waals surface area contributed by atoms with E-state index in [0.29, 0.717) is 17.0 Å². The quantitative estimate of drug-likeness (QED) is 0.815. The summed E-state index contributed by atoms with van der Waals surface area (Å²) in [7, 11) is 0. The van der Waals surface area contributed by atoms with Crippen LogP contribution in [0.15, 0.2) is 58.4 Å². The Hall–Kier alpha value is -2.60. The van der Waals surface area contributed by atoms with Crippen LogP contribution >= 0.6 is 11.3 Å². The fourth-order valence-electron chi connectivity index (χ4n) is 2.40. The highest BCUT2D eigenvalue weighted by molar-refractivity contribution is 7.08. The molecule has 0 saturated heterocycles. The van der Waals surface area contributed by atoms with Crippen molar-refractivity contribution < 1.29 is 9.59 Å². The summed E-state index contributed by atoms with van der Waals surface area (Å²) >= 11 is 1.53. The van der Waals surface area contributed by atoms with Crippen molar-refractivity contribution in [1.82, 2.24) is 10.6 Å². The van der Waals surface area contributed by atoms with Crippen molar-refractivity contribution in [3.8, 4) is 0 Å². The number of benzene rings is 1. The Morgan fingerprint density at radius 1 is 1.23 bits per heavy atom. The van der Waals surface area contributed by atoms with Crippen LogP contribution in [0.2, 0.25) is 0 Å². The van der Waals surface area contributed by atoms with Gasteiger partial charge < -0.3 is 16.0 Å². The van der Waals surface area contributed by atoms with Crippen LogP contribution in [0.25, 0.3) is 0 Å². The predicted molar refractivity (Wildman–Crippen MR) is 86.5 cm³/mol. The zero-order valence-corrected chi connectivity index (χ0v) is 12.7. The van der Waals surface area contributed by atoms with Gasteiger partial charge in [0.1, 0.15) is 0 Å². The number of para-hydroxylation sites is 1. The Labute approximate surface area is 132 Å². The maximum absolute atomic E-state index is 12.6. The van der Waals surface area contributed by atoms with Gasteiger partial charge in [0.05, 0.1) is 11.6 Å². The van der Waals surface area contributed by atoms with Crippen LogP contribution in [0.4, 0.5) is 10.5 Å². The molecule has 0 bridgehead atoms. The van der Waals surface area contributed by atoms with Crippen LogP contribution in [0.1, 0.15) is 18.5 Å². The second kappa shape index (κ2) is 6.03. The minimum absolute atomic E-state index is 0.229. The summed E-state index contributed by atoms with van der Waals surface area (Å²) in [5, 5.41) is 12.2. The first-order valence-electron chi connectivity index (χ1n) is 6.82. The van der Waals surface area contributed by atoms with Crippen molar-refractivity contribution in [2.45, 2.75) is 13.0 Å². The van der Waals surface area contributed by atoms with Gasteiger partial charge in [-0.15, -0.1) is 0 Å². The molecule has 0 aliphatic carbocycles. The number of rotatable bonds is 3. The van der Waals surface area contributed by atoms with Crippen LogP contribution in [0.5, 0.6) is 0 Å². The molecule has 0 unspecified atom stereocenters. The molecule has 2 heterocycles. The third-order valence-electron chi connectivity index (χ3n) is 3.42. The topological polar surface area (TPSA) is 70.2 Å². The first kappa shape index (κ1) is 14.3. The van der Waals surface area contributed by atoms with Crippen LogP contribution in [-0.4, -0.2) is 11.9 Å². The van der Waals surface area contributed by atoms with Gasteiger partial charge >= 0.3 is 6.03 Å². The van der Waals surface area contributed by atoms with E-state index in [2.05, 4.69) is 16.0 Å². The number of hydrogen-bond acceptors (Lipinski definition) is 3. The lowest BCUT2D eigenvalue weighted by atomic mass is 9.97. The van der Waals surface area contributed by atoms with E-state index in [1.807, 2.05) is 47.2 Å². The van der Waals surface area contributed by atoms with E-state index in [-0.39, 0.29) is 11.9 Å². The van der Waals surface area contributed by atoms with Crippen LogP contribution in [-0.2, 0) is 4.79 Å². The highest BCUT2D eigenvalue weighted by atomic mass is 32.1. The molecule has 0 spiro atoms. The molecule has 3 N–H and O–H groups in total. The van der Waals surface area contributed by atoms with Crippen LogP contribution in [0.3, 0.4) is 0 Å². The summed E-state index contributed by atoms with van der Waals surface area (Å²) in [6.45, 7) is 1.73. The number of carbonyl (C=O) groups excluding carboxylic acids is 2. The number of urea groups is 1. The first-order valence-corrected chi connectivity index (χ1v) is 7.76. The summed E-state index contributed by atoms with van der Waals surface area (Å²) in [4.78, 5) is 24.4. The minimum atomic E-state index is -0.441. The van der Waals surface area contributed by atoms with Crippen molar-refractivity contribution >= 4 is 29.0 Å². The molecule has 1 aliphatic heterocycles. The van der Waals surface area contributed by atoms with Crippen LogP contribution in [0, 0.1) is 0 Å². The van der Waals surface area contributed by atoms with Gasteiger partial charge in [-0.05, 0) is 41.4 Å². The number of hydrogen-bond donors (Lipinski definition) is 3. The molecule has 22 heavy (non-hydrogen) atoms. The second-order valence-corrected chi connectivity index (χ2v) is 5.73. The van der Waals surface area contributed by atoms with E-state index < -0.39 is 6.04 Å². The maximum atomic E-state index is 12.6. The molecule has 1 aromatic carbocycles. The molecule has 0 fully saturated rings. The first-order chi connectivity index (χ1) is 10.6. The third kappa shape index (κ3) is 2.87. The molecule has 0 radical (unpaired) electrons. The van der Waals surface area contributed by atoms with Crippen LogP contribution < -0.4 is 16.0 Å². The molecule has 3 amide bonds. The normalized spacial score (nSPS) is 17.7. The number of amides is 3. The van der Waals surface area contributed by atoms with E-state index in [1.165, 1.54) is 11.3 Å². The standard InChI is InChI=1S/C16H15N3O2S/c1-10-13(15(20)18-12-5-3-2-4-6-12)14(19-16(21)17-10)11-7-8-22-9-11/h2-9,14H,1H3,(H,18,20)(H2,17,19,21)/t14-/m0/s1. The molecular formula is C16H15N3O2S. The van der Waals surface area contributed by atoms with Gasteiger partial charge in [-0.2, -0.15) is 11.3 Å². The smallest absolute Gasteiger partial charge is 0.319 e. The molecule has 1 aromatic heterocycles. The zero-order chi connectivity index (χ0) is 15.5. The molecule has 0 saturated carbocycles. The van der Waals surface area contributed by atoms with Crippen molar-refractivity contribution in [1.29, 1.82) is 0 Å². The Morgan fingerprint density at radius 3 is 2.68 bits per heavy atom. The highest BCUT2D eigenvalue weighted by Gasteiger charge is 2.31. The van der Waals surface area contributed by atoms with Gasteiger partial charge in [-0.1, -0.05) is 18.2 Å². The summed E-state index contributed by atoms with van der Waals surface area (Å²) in [6.07, 6.45) is 0. The van der Waals surface area contributed by atoms with E-state index in [4.69, 9.17) is 0 Å². The average molecular weight is 313 g/mol. The Balaban J connectivity index is 1.92. The fraction of sp³-hybridized carbons (Fsp3) is 0.125. The lowest BCUT2D eigenvalue weighted by molar-refractivity contribution is -0.113. The molecule has 6 heteroatoms. The Morgan fingerprint density at radius 2 is 2.00 bits per heavy atom. The molecule has 2 aromatic rings. The highest BCUT2D eigenvalue weighted by Crippen LogP contribution is 2.28. The van der Waals surface area contributed by atoms with Gasteiger partial charge in [0, 0.05) is 11.4 Å². The van der Waals surface area contributed by atoms with Crippen molar-refractivity contribution in [3.63, 3.8) is 0 Å². The van der Waals surface area contributed by atoms with E-state index in [0.717, 1.165) is 5.56 Å². The molecule has 5 nitrogen and oxygen atoms in total. The number of thiophene rings is 1. The lowest BCUT2D eigenvalue weighted by Gasteiger charge is -2.28. The monoisotopic (exact) mass is 313 g/mol. The average Bonchev–Trinajstić information content (AvgIpc) is 3.01. The zero-order valence-electron chi connectivity index (χ0n) is 11.9. The summed E-state index contributed by atoms with van der Waals surface area (Å²) in [5.41, 5.74) is 2.70. The lowest BCUT2D eigenvalue weighted by Crippen LogP contribution is -2.45. The summed E-state index contributed by atoms with van der Waals surface area (Å²) in [6, 6.07) is 10.4. The van der Waals surface area contributed by atoms with Crippen molar-refractivity contribution in [2.24, 2.45) is 0 Å². The fourth-order valence-corrected chi connectivity index (χ4v) is 3.09. The number of carbonyl (C=O) groups is 2. The summed E-state index contributed by atoms with van der Waals surface area (Å²) in [5.74, 6) is -0.229. The predicted octanol–water partition coefficient (Wildman–Crippen LogP) is 3.01. The second-order valence-electron chi connectivity index (χ2n) is 4.95. The largest absolute Gasteiger partial charge is 0.327 e. The van der Waals surface area contributed by atoms with Gasteiger partial charge in [0.15, 0.2) is 0 Å². The Kier molecular flexibility index (Phi) is 3.93. The maximum Gasteiger partial charge on any atom is 0.319 e. The van der Waals surface area contributed by atoms with E-state index >= 15 is 0 Å².